The van der Waals surface area contributed by atoms with E-state index in [4.69, 9.17) is 29.2 Å². The lowest BCUT2D eigenvalue weighted by Gasteiger charge is -2.49. The summed E-state index contributed by atoms with van der Waals surface area (Å²) in [6, 6.07) is 3.33. The van der Waals surface area contributed by atoms with Crippen molar-refractivity contribution in [2.45, 2.75) is 86.6 Å². The molecule has 61 heavy (non-hydrogen) atoms. The van der Waals surface area contributed by atoms with E-state index in [1.54, 1.807) is 12.1 Å². The van der Waals surface area contributed by atoms with E-state index < -0.39 is 102 Å². The number of ether oxygens (including phenoxy) is 4. The minimum atomic E-state index is -1.42. The fraction of sp³-hybridized carbons (Fsp3) is 0.528. The molecule has 0 saturated carbocycles. The Bertz CT molecular complexity index is 1890. The normalized spacial score (nSPS) is 23.6. The van der Waals surface area contributed by atoms with E-state index in [2.05, 4.69) is 33.9 Å². The molecule has 21 nitrogen and oxygen atoms in total. The van der Waals surface area contributed by atoms with Crippen LogP contribution in [0, 0.1) is 0 Å². The van der Waals surface area contributed by atoms with Crippen LogP contribution in [0.1, 0.15) is 44.0 Å². The highest BCUT2D eigenvalue weighted by atomic mass is 32.2. The number of thioether (sulfide) groups is 2. The molecule has 0 aliphatic carbocycles. The number of carbonyl (C=O) groups excluding carboxylic acids is 8. The quantitative estimate of drug-likeness (QED) is 0.0154. The maximum absolute atomic E-state index is 13.1. The molecule has 3 heterocycles. The third-order valence-corrected chi connectivity index (χ3v) is 12.2. The molecule has 9 atom stereocenters. The average molecular weight is 931 g/mol. The Kier molecular flexibility index (Phi) is 18.7. The maximum Gasteiger partial charge on any atom is 0.352 e. The first-order valence-corrected chi connectivity index (χ1v) is 21.7. The summed E-state index contributed by atoms with van der Waals surface area (Å²) in [5.74, 6) is -5.59. The van der Waals surface area contributed by atoms with Gasteiger partial charge in [0.2, 0.25) is 24.0 Å². The summed E-state index contributed by atoms with van der Waals surface area (Å²) in [5.41, 5.74) is 5.96. The Morgan fingerprint density at radius 3 is 2.30 bits per heavy atom. The predicted octanol–water partition coefficient (Wildman–Crippen LogP) is -1.16. The molecule has 334 valence electrons. The Labute approximate surface area is 366 Å². The molecule has 3 aliphatic heterocycles. The van der Waals surface area contributed by atoms with E-state index in [9.17, 15) is 48.3 Å². The number of nitrogens with one attached hydrogen (secondary N) is 4. The van der Waals surface area contributed by atoms with Crippen molar-refractivity contribution in [2.24, 2.45) is 5.73 Å². The monoisotopic (exact) mass is 930 g/mol. The molecule has 4 rings (SSSR count). The minimum Gasteiger partial charge on any atom is -0.477 e. The number of fused-ring (bicyclic) bond motifs is 1. The number of β-lactam (4-membered cyclic amide) rings is 1. The van der Waals surface area contributed by atoms with Gasteiger partial charge in [-0.3, -0.25) is 43.3 Å². The molecule has 25 heteroatoms. The molecule has 2 saturated heterocycles. The first-order chi connectivity index (χ1) is 29.0. The van der Waals surface area contributed by atoms with Crippen LogP contribution in [0.3, 0.4) is 0 Å². The summed E-state index contributed by atoms with van der Waals surface area (Å²) in [5, 5.41) is 19.8. The van der Waals surface area contributed by atoms with Crippen molar-refractivity contribution in [3.8, 4) is 0 Å². The van der Waals surface area contributed by atoms with Gasteiger partial charge in [-0.2, -0.15) is 12.6 Å². The number of carboxylic acid groups (broad SMARTS) is 1. The molecule has 0 radical (unpaired) electrons. The fourth-order valence-corrected chi connectivity index (χ4v) is 9.29. The van der Waals surface area contributed by atoms with Gasteiger partial charge in [-0.1, -0.05) is 0 Å². The topological polar surface area (TPSA) is 297 Å². The molecule has 3 aliphatic rings. The lowest BCUT2D eigenvalue weighted by molar-refractivity contribution is -0.263. The largest absolute Gasteiger partial charge is 0.477 e. The second kappa shape index (κ2) is 23.1. The summed E-state index contributed by atoms with van der Waals surface area (Å²) in [4.78, 5) is 113. The van der Waals surface area contributed by atoms with Crippen LogP contribution in [0.4, 0.5) is 0 Å². The highest BCUT2D eigenvalue weighted by Gasteiger charge is 2.54. The molecule has 0 aromatic heterocycles. The molecule has 1 aromatic carbocycles. The van der Waals surface area contributed by atoms with Crippen LogP contribution in [-0.4, -0.2) is 148 Å². The molecular weight excluding hydrogens is 884 g/mol. The number of carbonyl (C=O) groups is 9. The summed E-state index contributed by atoms with van der Waals surface area (Å²) in [6.07, 6.45) is -4.86. The molecule has 6 unspecified atom stereocenters. The Morgan fingerprint density at radius 2 is 1.70 bits per heavy atom. The summed E-state index contributed by atoms with van der Waals surface area (Å²) >= 11 is 6.85. The minimum absolute atomic E-state index is 0.0213. The Hall–Kier alpha value is -4.45. The van der Waals surface area contributed by atoms with Gasteiger partial charge in [0.05, 0.1) is 6.54 Å². The lowest BCUT2D eigenvalue weighted by Crippen LogP contribution is -2.71. The number of nitrogens with two attached hydrogens (primary N) is 1. The number of amides is 5. The molecule has 7 N–H and O–H groups in total. The van der Waals surface area contributed by atoms with Crippen LogP contribution in [0.2, 0.25) is 0 Å². The summed E-state index contributed by atoms with van der Waals surface area (Å²) in [7, 11) is 1.99. The third-order valence-electron chi connectivity index (χ3n) is 9.13. The van der Waals surface area contributed by atoms with Gasteiger partial charge in [0.25, 0.3) is 11.8 Å². The van der Waals surface area contributed by atoms with Crippen LogP contribution in [0.5, 0.6) is 0 Å². The van der Waals surface area contributed by atoms with Crippen LogP contribution in [-0.2, 0) is 61.8 Å². The number of hydrogen-bond acceptors (Lipinski definition) is 18. The van der Waals surface area contributed by atoms with Crippen molar-refractivity contribution in [1.82, 2.24) is 26.2 Å². The highest BCUT2D eigenvalue weighted by Crippen LogP contribution is 2.41. The van der Waals surface area contributed by atoms with E-state index in [0.29, 0.717) is 16.2 Å². The van der Waals surface area contributed by atoms with Gasteiger partial charge in [0.15, 0.2) is 6.10 Å². The van der Waals surface area contributed by atoms with Gasteiger partial charge >= 0.3 is 23.9 Å². The number of esters is 3. The zero-order chi connectivity index (χ0) is 45.0. The van der Waals surface area contributed by atoms with E-state index in [-0.39, 0.29) is 55.3 Å². The highest BCUT2D eigenvalue weighted by molar-refractivity contribution is 8.01. The number of carboxylic acids is 1. The van der Waals surface area contributed by atoms with E-state index in [0.717, 1.165) is 20.8 Å². The number of benzene rings is 1. The molecular formula is C36H47N6O15PS3. The number of hydrogen-bond donors (Lipinski definition) is 7. The number of thiol groups is 1. The van der Waals surface area contributed by atoms with Crippen molar-refractivity contribution < 1.29 is 71.7 Å². The van der Waals surface area contributed by atoms with Gasteiger partial charge in [-0.05, 0) is 36.3 Å². The van der Waals surface area contributed by atoms with Crippen LogP contribution in [0.15, 0.2) is 40.4 Å². The van der Waals surface area contributed by atoms with Crippen molar-refractivity contribution in [3.05, 3.63) is 41.1 Å². The second-order valence-corrected chi connectivity index (χ2v) is 16.3. The lowest BCUT2D eigenvalue weighted by atomic mass is 9.96. The Morgan fingerprint density at radius 1 is 1.02 bits per heavy atom. The zero-order valence-electron chi connectivity index (χ0n) is 33.1. The predicted molar refractivity (Wildman–Crippen MR) is 222 cm³/mol. The average Bonchev–Trinajstić information content (AvgIpc) is 3.21. The standard InChI is InChI=1S/C36H47N6O15PS3/c1-16(43)53-12-23-29(54-17(2)44)30(57-58)26(36(56-23)55-18(3)45)40-24(46)5-4-10-38-32(49)22(13-59)39-31(48)19-6-8-21(9-7-19)60-14-20-15-61-34-27(41-25(47)11-37)33(50)42(34)28(20)35(51)52/h6-9,22-23,26-27,29-30,34,36,59H,4-5,10-15,37,58H2,1-3H3,(H,38,49)(H,39,48)(H,40,46)(H,41,47)(H,51,52)/t22?,23?,26-,27?,29?,30+,34?,36+/m1/s1. The Balaban J connectivity index is 1.26. The van der Waals surface area contributed by atoms with Gasteiger partial charge in [-0.15, -0.1) is 23.5 Å². The number of aliphatic carboxylic acids is 1. The maximum atomic E-state index is 13.1. The summed E-state index contributed by atoms with van der Waals surface area (Å²) < 4.78 is 26.9. The van der Waals surface area contributed by atoms with Gasteiger partial charge in [0.1, 0.15) is 48.0 Å². The van der Waals surface area contributed by atoms with E-state index in [1.165, 1.54) is 40.6 Å². The van der Waals surface area contributed by atoms with E-state index >= 15 is 0 Å². The summed E-state index contributed by atoms with van der Waals surface area (Å²) in [6.45, 7) is 2.77. The number of nitrogens with zero attached hydrogens (tertiary/aromatic N) is 1. The second-order valence-electron chi connectivity index (χ2n) is 13.6. The van der Waals surface area contributed by atoms with Crippen molar-refractivity contribution in [1.29, 1.82) is 0 Å². The van der Waals surface area contributed by atoms with Crippen LogP contribution in [0.25, 0.3) is 0 Å². The van der Waals surface area contributed by atoms with Crippen LogP contribution >= 0.6 is 45.6 Å². The molecule has 0 bridgehead atoms. The first-order valence-electron chi connectivity index (χ1n) is 18.6. The molecule has 1 aromatic rings. The third kappa shape index (κ3) is 13.3. The van der Waals surface area contributed by atoms with Crippen molar-refractivity contribution >= 4 is 99.0 Å². The smallest absolute Gasteiger partial charge is 0.352 e. The molecule has 5 amide bonds. The van der Waals surface area contributed by atoms with Crippen molar-refractivity contribution in [2.75, 3.05) is 37.0 Å². The first kappa shape index (κ1) is 49.2. The van der Waals surface area contributed by atoms with Gasteiger partial charge in [0, 0.05) is 70.9 Å². The zero-order valence-corrected chi connectivity index (χ0v) is 36.8. The van der Waals surface area contributed by atoms with Crippen LogP contribution < -0.4 is 27.0 Å². The fourth-order valence-electron chi connectivity index (χ4n) is 6.33. The van der Waals surface area contributed by atoms with E-state index in [1.807, 2.05) is 9.47 Å². The molecule has 0 spiro atoms. The number of rotatable bonds is 20. The van der Waals surface area contributed by atoms with Gasteiger partial charge in [-0.25, -0.2) is 4.79 Å². The van der Waals surface area contributed by atoms with Gasteiger partial charge < -0.3 is 55.6 Å². The molecule has 2 fully saturated rings. The van der Waals surface area contributed by atoms with Crippen molar-refractivity contribution in [3.63, 3.8) is 0 Å². The SMILES string of the molecule is CC(=O)OCC1O[C@H](OC(C)=O)[C@H](NC(=O)CCCNC(=O)C(CS)NC(=O)c2ccc(SCC3=C(C(=O)O)N4C(=O)C(NC(=O)CN)C4SC3)cc2)[C@H](OP)C1OC(C)=O.